The van der Waals surface area contributed by atoms with Crippen LogP contribution in [0.1, 0.15) is 43.5 Å². The molecule has 106 valence electrons. The van der Waals surface area contributed by atoms with E-state index >= 15 is 0 Å². The summed E-state index contributed by atoms with van der Waals surface area (Å²) >= 11 is 0. The first-order chi connectivity index (χ1) is 8.87. The molecule has 1 fully saturated rings. The van der Waals surface area contributed by atoms with Crippen molar-refractivity contribution in [1.29, 1.82) is 0 Å². The van der Waals surface area contributed by atoms with Gasteiger partial charge in [-0.15, -0.1) is 0 Å². The maximum Gasteiger partial charge on any atom is 0.162 e. The van der Waals surface area contributed by atoms with Crippen molar-refractivity contribution in [2.24, 2.45) is 0 Å². The van der Waals surface area contributed by atoms with Crippen LogP contribution in [-0.4, -0.2) is 25.0 Å². The summed E-state index contributed by atoms with van der Waals surface area (Å²) in [5.74, 6) is -0.443. The maximum atomic E-state index is 5.68. The van der Waals surface area contributed by atoms with Crippen LogP contribution in [0.3, 0.4) is 0 Å². The van der Waals surface area contributed by atoms with Gasteiger partial charge in [0.1, 0.15) is 0 Å². The van der Waals surface area contributed by atoms with Gasteiger partial charge in [-0.05, 0) is 45.7 Å². The van der Waals surface area contributed by atoms with Crippen molar-refractivity contribution >= 4 is 0 Å². The Kier molecular flexibility index (Phi) is 4.29. The molecule has 0 bridgehead atoms. The first kappa shape index (κ1) is 14.5. The summed E-state index contributed by atoms with van der Waals surface area (Å²) in [6, 6.07) is 7.15. The molecule has 1 aliphatic rings. The third-order valence-electron chi connectivity index (χ3n) is 3.64. The van der Waals surface area contributed by atoms with Crippen molar-refractivity contribution in [2.45, 2.75) is 52.5 Å². The molecule has 0 aromatic heterocycles. The van der Waals surface area contributed by atoms with E-state index in [-0.39, 0.29) is 6.04 Å². The van der Waals surface area contributed by atoms with E-state index in [2.05, 4.69) is 44.3 Å². The highest BCUT2D eigenvalue weighted by atomic mass is 16.7. The number of hydrogen-bond acceptors (Lipinski definition) is 3. The van der Waals surface area contributed by atoms with Crippen molar-refractivity contribution in [3.05, 3.63) is 34.9 Å². The van der Waals surface area contributed by atoms with Gasteiger partial charge in [-0.2, -0.15) is 0 Å². The van der Waals surface area contributed by atoms with Gasteiger partial charge in [0.25, 0.3) is 0 Å². The van der Waals surface area contributed by atoms with E-state index < -0.39 is 5.79 Å². The number of rotatable bonds is 3. The first-order valence-electron chi connectivity index (χ1n) is 6.98. The lowest BCUT2D eigenvalue weighted by atomic mass is 9.99. The molecule has 0 amide bonds. The molecular weight excluding hydrogens is 238 g/mol. The Labute approximate surface area is 116 Å². The van der Waals surface area contributed by atoms with Gasteiger partial charge >= 0.3 is 0 Å². The first-order valence-corrected chi connectivity index (χ1v) is 6.98. The van der Waals surface area contributed by atoms with Crippen LogP contribution >= 0.6 is 0 Å². The molecule has 19 heavy (non-hydrogen) atoms. The molecule has 3 heteroatoms. The van der Waals surface area contributed by atoms with E-state index in [9.17, 15) is 0 Å². The van der Waals surface area contributed by atoms with Crippen molar-refractivity contribution < 1.29 is 9.47 Å². The summed E-state index contributed by atoms with van der Waals surface area (Å²) in [6.45, 7) is 11.8. The molecule has 0 aliphatic carbocycles. The zero-order chi connectivity index (χ0) is 14.0. The highest BCUT2D eigenvalue weighted by Gasteiger charge is 2.29. The molecule has 2 rings (SSSR count). The lowest BCUT2D eigenvalue weighted by molar-refractivity contribution is -0.253. The van der Waals surface area contributed by atoms with Crippen LogP contribution in [0.5, 0.6) is 0 Å². The van der Waals surface area contributed by atoms with E-state index in [0.29, 0.717) is 19.3 Å². The van der Waals surface area contributed by atoms with Crippen LogP contribution in [-0.2, 0) is 9.47 Å². The third kappa shape index (κ3) is 3.78. The van der Waals surface area contributed by atoms with Crippen molar-refractivity contribution in [3.8, 4) is 0 Å². The van der Waals surface area contributed by atoms with E-state index in [0.717, 1.165) is 0 Å². The fourth-order valence-corrected chi connectivity index (χ4v) is 2.54. The quantitative estimate of drug-likeness (QED) is 0.909. The predicted octanol–water partition coefficient (Wildman–Crippen LogP) is 3.11. The standard InChI is InChI=1S/C16H25NO2/c1-11-6-7-15(12(2)8-11)13(3)17-14-9-18-16(4,5)19-10-14/h6-8,13-14,17H,9-10H2,1-5H3. The molecule has 1 aliphatic heterocycles. The van der Waals surface area contributed by atoms with Crippen LogP contribution in [0.4, 0.5) is 0 Å². The lowest BCUT2D eigenvalue weighted by Crippen LogP contribution is -2.49. The van der Waals surface area contributed by atoms with Gasteiger partial charge in [-0.3, -0.25) is 0 Å². The number of benzene rings is 1. The van der Waals surface area contributed by atoms with E-state index in [1.807, 2.05) is 13.8 Å². The van der Waals surface area contributed by atoms with Crippen molar-refractivity contribution in [3.63, 3.8) is 0 Å². The topological polar surface area (TPSA) is 30.5 Å². The SMILES string of the molecule is Cc1ccc(C(C)NC2COC(C)(C)OC2)c(C)c1. The fraction of sp³-hybridized carbons (Fsp3) is 0.625. The van der Waals surface area contributed by atoms with Crippen LogP contribution in [0, 0.1) is 13.8 Å². The third-order valence-corrected chi connectivity index (χ3v) is 3.64. The van der Waals surface area contributed by atoms with Crippen molar-refractivity contribution in [2.75, 3.05) is 13.2 Å². The molecule has 1 N–H and O–H groups in total. The summed E-state index contributed by atoms with van der Waals surface area (Å²) in [5.41, 5.74) is 3.98. The Bertz CT molecular complexity index is 432. The molecule has 0 radical (unpaired) electrons. The number of nitrogens with one attached hydrogen (secondary N) is 1. The summed E-state index contributed by atoms with van der Waals surface area (Å²) in [5, 5.41) is 3.58. The molecule has 1 aromatic carbocycles. The Morgan fingerprint density at radius 1 is 1.21 bits per heavy atom. The van der Waals surface area contributed by atoms with Crippen molar-refractivity contribution in [1.82, 2.24) is 5.32 Å². The van der Waals surface area contributed by atoms with Crippen LogP contribution < -0.4 is 5.32 Å². The summed E-state index contributed by atoms with van der Waals surface area (Å²) in [6.07, 6.45) is 0. The molecule has 1 heterocycles. The van der Waals surface area contributed by atoms with Gasteiger partial charge in [0.2, 0.25) is 0 Å². The minimum absolute atomic E-state index is 0.253. The molecular formula is C16H25NO2. The molecule has 1 atom stereocenters. The Morgan fingerprint density at radius 3 is 2.42 bits per heavy atom. The largest absolute Gasteiger partial charge is 0.349 e. The predicted molar refractivity (Wildman–Crippen MR) is 77.2 cm³/mol. The minimum atomic E-state index is -0.443. The van der Waals surface area contributed by atoms with Gasteiger partial charge < -0.3 is 14.8 Å². The second-order valence-electron chi connectivity index (χ2n) is 5.97. The van der Waals surface area contributed by atoms with Crippen LogP contribution in [0.15, 0.2) is 18.2 Å². The zero-order valence-corrected chi connectivity index (χ0v) is 12.6. The smallest absolute Gasteiger partial charge is 0.162 e. The number of ether oxygens (including phenoxy) is 2. The van der Waals surface area contributed by atoms with Gasteiger partial charge in [-0.25, -0.2) is 0 Å². The highest BCUT2D eigenvalue weighted by Crippen LogP contribution is 2.22. The van der Waals surface area contributed by atoms with E-state index in [1.54, 1.807) is 0 Å². The average molecular weight is 263 g/mol. The monoisotopic (exact) mass is 263 g/mol. The highest BCUT2D eigenvalue weighted by molar-refractivity contribution is 5.32. The molecule has 1 unspecified atom stereocenters. The second-order valence-corrected chi connectivity index (χ2v) is 5.97. The molecule has 1 aromatic rings. The fourth-order valence-electron chi connectivity index (χ4n) is 2.54. The molecule has 0 spiro atoms. The zero-order valence-electron chi connectivity index (χ0n) is 12.6. The Morgan fingerprint density at radius 2 is 1.84 bits per heavy atom. The molecule has 0 saturated carbocycles. The second kappa shape index (κ2) is 5.61. The van der Waals surface area contributed by atoms with Crippen LogP contribution in [0.25, 0.3) is 0 Å². The van der Waals surface area contributed by atoms with E-state index in [1.165, 1.54) is 16.7 Å². The number of aryl methyl sites for hydroxylation is 2. The summed E-state index contributed by atoms with van der Waals surface area (Å²) in [4.78, 5) is 0. The summed E-state index contributed by atoms with van der Waals surface area (Å²) in [7, 11) is 0. The average Bonchev–Trinajstić information content (AvgIpc) is 2.31. The van der Waals surface area contributed by atoms with Gasteiger partial charge in [-0.1, -0.05) is 23.8 Å². The van der Waals surface area contributed by atoms with Gasteiger partial charge in [0.15, 0.2) is 5.79 Å². The Hall–Kier alpha value is -0.900. The maximum absolute atomic E-state index is 5.68. The Balaban J connectivity index is 1.96. The van der Waals surface area contributed by atoms with Gasteiger partial charge in [0.05, 0.1) is 19.3 Å². The van der Waals surface area contributed by atoms with Gasteiger partial charge in [0, 0.05) is 6.04 Å². The van der Waals surface area contributed by atoms with Crippen LogP contribution in [0.2, 0.25) is 0 Å². The number of hydrogen-bond donors (Lipinski definition) is 1. The minimum Gasteiger partial charge on any atom is -0.349 e. The molecule has 3 nitrogen and oxygen atoms in total. The van der Waals surface area contributed by atoms with E-state index in [4.69, 9.17) is 9.47 Å². The lowest BCUT2D eigenvalue weighted by Gasteiger charge is -2.36. The normalized spacial score (nSPS) is 21.3. The molecule has 1 saturated heterocycles. The summed E-state index contributed by atoms with van der Waals surface area (Å²) < 4.78 is 11.4.